The molecule has 3 rings (SSSR count). The Bertz CT molecular complexity index is 1240. The molecule has 0 spiro atoms. The Morgan fingerprint density at radius 3 is 2.53 bits per heavy atom. The van der Waals surface area contributed by atoms with Gasteiger partial charge in [0.2, 0.25) is 0 Å². The minimum atomic E-state index is -0.675. The molecule has 0 fully saturated rings. The first-order chi connectivity index (χ1) is 14.2. The van der Waals surface area contributed by atoms with Crippen LogP contribution in [0.2, 0.25) is 0 Å². The fourth-order valence-electron chi connectivity index (χ4n) is 3.58. The van der Waals surface area contributed by atoms with Crippen molar-refractivity contribution in [1.29, 1.82) is 0 Å². The quantitative estimate of drug-likeness (QED) is 0.619. The number of nitrogens with zero attached hydrogens (tertiary/aromatic N) is 4. The van der Waals surface area contributed by atoms with Crippen molar-refractivity contribution >= 4 is 39.0 Å². The Balaban J connectivity index is 2.16. The van der Waals surface area contributed by atoms with E-state index in [1.165, 1.54) is 20.8 Å². The van der Waals surface area contributed by atoms with E-state index in [9.17, 15) is 14.4 Å². The lowest BCUT2D eigenvalue weighted by molar-refractivity contribution is 0.0991. The molecule has 9 nitrogen and oxygen atoms in total. The summed E-state index contributed by atoms with van der Waals surface area (Å²) in [5.41, 5.74) is 6.53. The summed E-state index contributed by atoms with van der Waals surface area (Å²) in [5.74, 6) is 0.280. The molecule has 0 radical (unpaired) electrons. The van der Waals surface area contributed by atoms with Gasteiger partial charge < -0.3 is 10.6 Å². The van der Waals surface area contributed by atoms with E-state index in [-0.39, 0.29) is 24.0 Å². The van der Waals surface area contributed by atoms with Gasteiger partial charge in [-0.15, -0.1) is 11.3 Å². The largest absolute Gasteiger partial charge is 0.383 e. The van der Waals surface area contributed by atoms with Crippen molar-refractivity contribution in [2.24, 2.45) is 0 Å². The van der Waals surface area contributed by atoms with Crippen LogP contribution in [-0.4, -0.2) is 32.0 Å². The molecule has 0 aliphatic rings. The summed E-state index contributed by atoms with van der Waals surface area (Å²) >= 11 is 1.27. The van der Waals surface area contributed by atoms with Gasteiger partial charge in [0.05, 0.1) is 4.88 Å². The Morgan fingerprint density at radius 1 is 1.20 bits per heavy atom. The molecule has 0 unspecified atom stereocenters. The molecule has 160 valence electrons. The molecule has 0 saturated carbocycles. The van der Waals surface area contributed by atoms with E-state index in [1.807, 2.05) is 20.8 Å². The number of nitrogens with one attached hydrogen (secondary N) is 1. The summed E-state index contributed by atoms with van der Waals surface area (Å²) in [7, 11) is 0. The third-order valence-electron chi connectivity index (χ3n) is 5.06. The highest BCUT2D eigenvalue weighted by atomic mass is 32.1. The highest BCUT2D eigenvalue weighted by Gasteiger charge is 2.27. The van der Waals surface area contributed by atoms with Gasteiger partial charge >= 0.3 is 5.69 Å². The number of amides is 1. The molecule has 3 N–H and O–H groups in total. The van der Waals surface area contributed by atoms with Gasteiger partial charge in [0.15, 0.2) is 5.69 Å². The van der Waals surface area contributed by atoms with E-state index in [0.29, 0.717) is 17.2 Å². The molecule has 1 amide bonds. The van der Waals surface area contributed by atoms with Crippen LogP contribution in [-0.2, 0) is 6.54 Å². The molecule has 0 saturated heterocycles. The predicted molar refractivity (Wildman–Crippen MR) is 120 cm³/mol. The minimum absolute atomic E-state index is 0.00187. The van der Waals surface area contributed by atoms with Gasteiger partial charge in [0, 0.05) is 24.2 Å². The Hall–Kier alpha value is -3.01. The average Bonchev–Trinajstić information content (AvgIpc) is 3.00. The summed E-state index contributed by atoms with van der Waals surface area (Å²) in [5, 5.41) is 0.847. The first-order valence-corrected chi connectivity index (χ1v) is 10.7. The van der Waals surface area contributed by atoms with Crippen LogP contribution in [0.1, 0.15) is 53.4 Å². The van der Waals surface area contributed by atoms with Crippen molar-refractivity contribution in [3.63, 3.8) is 0 Å². The molecular weight excluding hydrogens is 404 g/mol. The summed E-state index contributed by atoms with van der Waals surface area (Å²) < 4.78 is 1.31. The Kier molecular flexibility index (Phi) is 6.06. The summed E-state index contributed by atoms with van der Waals surface area (Å²) in [4.78, 5) is 52.0. The number of nitrogen functional groups attached to an aromatic ring is 1. The number of fused-ring (bicyclic) bond motifs is 1. The summed E-state index contributed by atoms with van der Waals surface area (Å²) in [6.07, 6.45) is 1.58. The van der Waals surface area contributed by atoms with E-state index >= 15 is 0 Å². The second-order valence-electron chi connectivity index (χ2n) is 7.14. The van der Waals surface area contributed by atoms with Crippen LogP contribution in [0.3, 0.4) is 0 Å². The number of hydrogen-bond acceptors (Lipinski definition) is 7. The average molecular weight is 431 g/mol. The van der Waals surface area contributed by atoms with Crippen molar-refractivity contribution < 1.29 is 4.79 Å². The van der Waals surface area contributed by atoms with E-state index in [2.05, 4.69) is 15.0 Å². The topological polar surface area (TPSA) is 127 Å². The van der Waals surface area contributed by atoms with Gasteiger partial charge in [-0.3, -0.25) is 19.1 Å². The maximum atomic E-state index is 13.5. The zero-order valence-corrected chi connectivity index (χ0v) is 18.6. The molecule has 0 bridgehead atoms. The highest BCUT2D eigenvalue weighted by molar-refractivity contribution is 7.20. The number of hydrogen-bond donors (Lipinski definition) is 2. The van der Waals surface area contributed by atoms with Crippen LogP contribution >= 0.6 is 11.3 Å². The van der Waals surface area contributed by atoms with Gasteiger partial charge in [-0.2, -0.15) is 0 Å². The van der Waals surface area contributed by atoms with E-state index in [4.69, 9.17) is 5.73 Å². The highest BCUT2D eigenvalue weighted by Crippen LogP contribution is 2.33. The number of H-pyrrole nitrogens is 1. The zero-order chi connectivity index (χ0) is 22.2. The van der Waals surface area contributed by atoms with Gasteiger partial charge in [-0.1, -0.05) is 13.3 Å². The molecule has 0 aliphatic heterocycles. The maximum Gasteiger partial charge on any atom is 0.330 e. The third kappa shape index (κ3) is 3.62. The second kappa shape index (κ2) is 8.39. The SMILES string of the molecule is CCCCn1c(N)c(N(CC)C(=O)c2sc3nc(C)nc(C)c3c2C)c(=O)[nH]c1=O. The number of aromatic nitrogens is 4. The lowest BCUT2D eigenvalue weighted by atomic mass is 10.1. The number of aryl methyl sites for hydroxylation is 3. The van der Waals surface area contributed by atoms with Crippen molar-refractivity contribution in [3.05, 3.63) is 42.8 Å². The van der Waals surface area contributed by atoms with Crippen molar-refractivity contribution in [3.8, 4) is 0 Å². The summed E-state index contributed by atoms with van der Waals surface area (Å²) in [6.45, 7) is 9.88. The fraction of sp³-hybridized carbons (Fsp3) is 0.450. The number of anilines is 2. The Morgan fingerprint density at radius 2 is 1.90 bits per heavy atom. The molecule has 30 heavy (non-hydrogen) atoms. The van der Waals surface area contributed by atoms with E-state index in [1.54, 1.807) is 13.8 Å². The number of unbranched alkanes of at least 4 members (excludes halogenated alkanes) is 1. The number of nitrogens with two attached hydrogens (primary N) is 1. The van der Waals surface area contributed by atoms with E-state index in [0.717, 1.165) is 34.3 Å². The van der Waals surface area contributed by atoms with Crippen molar-refractivity contribution in [2.45, 2.75) is 54.0 Å². The predicted octanol–water partition coefficient (Wildman–Crippen LogP) is 2.52. The van der Waals surface area contributed by atoms with Crippen molar-refractivity contribution in [2.75, 3.05) is 17.2 Å². The van der Waals surface area contributed by atoms with Gasteiger partial charge in [0.1, 0.15) is 16.5 Å². The molecule has 0 aliphatic carbocycles. The van der Waals surface area contributed by atoms with Crippen LogP contribution in [0.5, 0.6) is 0 Å². The molecule has 3 aromatic rings. The van der Waals surface area contributed by atoms with Crippen LogP contribution < -0.4 is 21.9 Å². The molecule has 10 heteroatoms. The number of aromatic amines is 1. The minimum Gasteiger partial charge on any atom is -0.383 e. The van der Waals surface area contributed by atoms with Gasteiger partial charge in [-0.25, -0.2) is 14.8 Å². The van der Waals surface area contributed by atoms with Crippen LogP contribution in [0.25, 0.3) is 10.2 Å². The number of thiophene rings is 1. The van der Waals surface area contributed by atoms with Gasteiger partial charge in [0.25, 0.3) is 11.5 Å². The monoisotopic (exact) mass is 430 g/mol. The standard InChI is InChI=1S/C20H26N6O3S/c1-6-8-9-26-16(21)14(17(27)24-20(26)29)25(7-2)19(28)15-10(3)13-11(4)22-12(5)23-18(13)30-15/h6-9,21H2,1-5H3,(H,24,27,29). The second-order valence-corrected chi connectivity index (χ2v) is 8.14. The summed E-state index contributed by atoms with van der Waals surface area (Å²) in [6, 6.07) is 0. The molecule has 3 heterocycles. The third-order valence-corrected chi connectivity index (χ3v) is 6.23. The van der Waals surface area contributed by atoms with Crippen LogP contribution in [0.15, 0.2) is 9.59 Å². The maximum absolute atomic E-state index is 13.5. The number of rotatable bonds is 6. The molecule has 0 atom stereocenters. The molecule has 3 aromatic heterocycles. The smallest absolute Gasteiger partial charge is 0.330 e. The lowest BCUT2D eigenvalue weighted by Gasteiger charge is -2.23. The molecular formula is C20H26N6O3S. The first-order valence-electron chi connectivity index (χ1n) is 9.89. The zero-order valence-electron chi connectivity index (χ0n) is 17.8. The lowest BCUT2D eigenvalue weighted by Crippen LogP contribution is -2.41. The normalized spacial score (nSPS) is 11.2. The fourth-order valence-corrected chi connectivity index (χ4v) is 4.81. The molecule has 0 aromatic carbocycles. The van der Waals surface area contributed by atoms with E-state index < -0.39 is 11.2 Å². The first kappa shape index (κ1) is 21.7. The Labute approximate surface area is 177 Å². The van der Waals surface area contributed by atoms with Crippen molar-refractivity contribution in [1.82, 2.24) is 19.5 Å². The van der Waals surface area contributed by atoms with Crippen LogP contribution in [0.4, 0.5) is 11.5 Å². The number of carbonyl (C=O) groups is 1. The van der Waals surface area contributed by atoms with Crippen LogP contribution in [0, 0.1) is 20.8 Å². The van der Waals surface area contributed by atoms with Gasteiger partial charge in [-0.05, 0) is 39.7 Å². The number of carbonyl (C=O) groups excluding carboxylic acids is 1.